The molecule has 4 heteroatoms. The van der Waals surface area contributed by atoms with Crippen LogP contribution in [0.15, 0.2) is 52.7 Å². The number of allylic oxidation sites excluding steroid dienone is 2. The Morgan fingerprint density at radius 2 is 2.00 bits per heavy atom. The molecule has 132 valence electrons. The minimum atomic E-state index is 0.0435. The molecule has 1 heterocycles. The topological polar surface area (TPSA) is 51.8 Å². The fourth-order valence-corrected chi connectivity index (χ4v) is 3.37. The third kappa shape index (κ3) is 3.22. The zero-order valence-electron chi connectivity index (χ0n) is 15.1. The summed E-state index contributed by atoms with van der Waals surface area (Å²) in [7, 11) is 3.27. The molecule has 0 fully saturated rings. The fraction of sp³-hybridized carbons (Fsp3) is 0.333. The summed E-state index contributed by atoms with van der Waals surface area (Å²) in [6.07, 6.45) is 7.06. The zero-order valence-corrected chi connectivity index (χ0v) is 15.1. The van der Waals surface area contributed by atoms with Crippen LogP contribution in [0.5, 0.6) is 11.5 Å². The van der Waals surface area contributed by atoms with Crippen molar-refractivity contribution in [2.45, 2.75) is 26.4 Å². The number of hydrogen-bond acceptors (Lipinski definition) is 4. The summed E-state index contributed by atoms with van der Waals surface area (Å²) in [4.78, 5) is 0. The molecular formula is C21H24O4. The molecule has 1 aliphatic rings. The van der Waals surface area contributed by atoms with Gasteiger partial charge in [-0.2, -0.15) is 0 Å². The number of phenolic OH excluding ortho intramolecular Hbond substituents is 1. The summed E-state index contributed by atoms with van der Waals surface area (Å²) >= 11 is 0. The normalized spacial score (nSPS) is 20.2. The van der Waals surface area contributed by atoms with Crippen molar-refractivity contribution in [2.24, 2.45) is 5.92 Å². The van der Waals surface area contributed by atoms with Gasteiger partial charge in [-0.15, -0.1) is 0 Å². The van der Waals surface area contributed by atoms with Crippen molar-refractivity contribution in [3.8, 4) is 22.8 Å². The van der Waals surface area contributed by atoms with Crippen LogP contribution < -0.4 is 4.74 Å². The van der Waals surface area contributed by atoms with Crippen molar-refractivity contribution in [1.82, 2.24) is 0 Å². The molecule has 0 bridgehead atoms. The molecule has 3 rings (SSSR count). The molecule has 1 aromatic carbocycles. The predicted molar refractivity (Wildman–Crippen MR) is 98.7 cm³/mol. The van der Waals surface area contributed by atoms with Gasteiger partial charge < -0.3 is 19.0 Å². The lowest BCUT2D eigenvalue weighted by molar-refractivity contribution is 0.107. The van der Waals surface area contributed by atoms with Gasteiger partial charge in [0, 0.05) is 24.2 Å². The first-order chi connectivity index (χ1) is 12.1. The summed E-state index contributed by atoms with van der Waals surface area (Å²) in [6, 6.07) is 7.23. The van der Waals surface area contributed by atoms with Crippen LogP contribution in [0, 0.1) is 5.92 Å². The lowest BCUT2D eigenvalue weighted by Crippen LogP contribution is -2.23. The number of ether oxygens (including phenoxy) is 2. The van der Waals surface area contributed by atoms with E-state index in [1.165, 1.54) is 12.7 Å². The standard InChI is InChI=1S/C21H24O4/c1-5-14-10-16(12-20(24-4)13(14)2)17-8-9-25-21(17)15-6-7-19(23-3)18(22)11-15/h6-13,20,22H,5H2,1-4H3. The number of phenols is 1. The highest BCUT2D eigenvalue weighted by molar-refractivity contribution is 5.85. The molecule has 0 spiro atoms. The number of furan rings is 1. The first kappa shape index (κ1) is 17.4. The Kier molecular flexibility index (Phi) is 5.00. The van der Waals surface area contributed by atoms with Crippen LogP contribution in [-0.2, 0) is 4.74 Å². The summed E-state index contributed by atoms with van der Waals surface area (Å²) in [5.41, 5.74) is 4.23. The Hall–Kier alpha value is -2.46. The highest BCUT2D eigenvalue weighted by Crippen LogP contribution is 2.39. The van der Waals surface area contributed by atoms with Crippen LogP contribution in [0.25, 0.3) is 16.9 Å². The van der Waals surface area contributed by atoms with E-state index in [9.17, 15) is 5.11 Å². The van der Waals surface area contributed by atoms with Gasteiger partial charge in [-0.3, -0.25) is 0 Å². The van der Waals surface area contributed by atoms with Crippen molar-refractivity contribution in [3.63, 3.8) is 0 Å². The van der Waals surface area contributed by atoms with Crippen molar-refractivity contribution >= 4 is 5.57 Å². The van der Waals surface area contributed by atoms with E-state index in [4.69, 9.17) is 13.9 Å². The number of benzene rings is 1. The molecule has 0 saturated carbocycles. The average Bonchev–Trinajstić information content (AvgIpc) is 3.11. The first-order valence-corrected chi connectivity index (χ1v) is 8.49. The number of hydrogen-bond donors (Lipinski definition) is 1. The molecule has 0 saturated heterocycles. The van der Waals surface area contributed by atoms with Crippen molar-refractivity contribution in [3.05, 3.63) is 53.8 Å². The Morgan fingerprint density at radius 3 is 2.64 bits per heavy atom. The SMILES string of the molecule is CCC1=CC(c2ccoc2-c2ccc(OC)c(O)c2)=CC(OC)C1C. The maximum atomic E-state index is 10.1. The second kappa shape index (κ2) is 7.19. The van der Waals surface area contributed by atoms with E-state index in [-0.39, 0.29) is 11.9 Å². The van der Waals surface area contributed by atoms with Gasteiger partial charge in [0.25, 0.3) is 0 Å². The van der Waals surface area contributed by atoms with Crippen molar-refractivity contribution < 1.29 is 19.0 Å². The van der Waals surface area contributed by atoms with Crippen LogP contribution in [0.1, 0.15) is 25.8 Å². The van der Waals surface area contributed by atoms with E-state index in [1.807, 2.05) is 12.1 Å². The van der Waals surface area contributed by atoms with Crippen LogP contribution in [0.4, 0.5) is 0 Å². The third-order valence-corrected chi connectivity index (χ3v) is 4.86. The van der Waals surface area contributed by atoms with E-state index in [1.54, 1.807) is 25.5 Å². The summed E-state index contributed by atoms with van der Waals surface area (Å²) in [6.45, 7) is 4.35. The smallest absolute Gasteiger partial charge is 0.160 e. The van der Waals surface area contributed by atoms with E-state index in [0.717, 1.165) is 28.9 Å². The Morgan fingerprint density at radius 1 is 1.20 bits per heavy atom. The van der Waals surface area contributed by atoms with Gasteiger partial charge in [0.05, 0.1) is 19.5 Å². The van der Waals surface area contributed by atoms with Gasteiger partial charge in [-0.25, -0.2) is 0 Å². The summed E-state index contributed by atoms with van der Waals surface area (Å²) in [5, 5.41) is 10.1. The second-order valence-corrected chi connectivity index (χ2v) is 6.23. The molecule has 0 amide bonds. The largest absolute Gasteiger partial charge is 0.504 e. The molecule has 25 heavy (non-hydrogen) atoms. The van der Waals surface area contributed by atoms with E-state index in [0.29, 0.717) is 11.7 Å². The van der Waals surface area contributed by atoms with Gasteiger partial charge in [-0.05, 0) is 42.3 Å². The number of methoxy groups -OCH3 is 2. The monoisotopic (exact) mass is 340 g/mol. The van der Waals surface area contributed by atoms with Gasteiger partial charge in [0.1, 0.15) is 5.76 Å². The van der Waals surface area contributed by atoms with Crippen LogP contribution in [-0.4, -0.2) is 25.4 Å². The lowest BCUT2D eigenvalue weighted by atomic mass is 9.84. The molecule has 2 aromatic rings. The maximum absolute atomic E-state index is 10.1. The molecule has 0 radical (unpaired) electrons. The minimum absolute atomic E-state index is 0.0435. The lowest BCUT2D eigenvalue weighted by Gasteiger charge is -2.27. The molecule has 2 atom stereocenters. The van der Waals surface area contributed by atoms with E-state index >= 15 is 0 Å². The third-order valence-electron chi connectivity index (χ3n) is 4.86. The molecule has 0 aliphatic heterocycles. The Balaban J connectivity index is 2.04. The predicted octanol–water partition coefficient (Wildman–Crippen LogP) is 5.05. The number of rotatable bonds is 5. The van der Waals surface area contributed by atoms with E-state index in [2.05, 4.69) is 26.0 Å². The van der Waals surface area contributed by atoms with Crippen LogP contribution in [0.2, 0.25) is 0 Å². The molecule has 4 nitrogen and oxygen atoms in total. The van der Waals surface area contributed by atoms with Crippen molar-refractivity contribution in [1.29, 1.82) is 0 Å². The Labute approximate surface area is 148 Å². The summed E-state index contributed by atoms with van der Waals surface area (Å²) in [5.74, 6) is 1.61. The Bertz CT molecular complexity index is 813. The van der Waals surface area contributed by atoms with Crippen LogP contribution >= 0.6 is 0 Å². The van der Waals surface area contributed by atoms with Gasteiger partial charge in [0.2, 0.25) is 0 Å². The highest BCUT2D eigenvalue weighted by Gasteiger charge is 2.25. The minimum Gasteiger partial charge on any atom is -0.504 e. The first-order valence-electron chi connectivity index (χ1n) is 8.49. The van der Waals surface area contributed by atoms with Crippen LogP contribution in [0.3, 0.4) is 0 Å². The maximum Gasteiger partial charge on any atom is 0.160 e. The van der Waals surface area contributed by atoms with Gasteiger partial charge >= 0.3 is 0 Å². The molecule has 1 aromatic heterocycles. The second-order valence-electron chi connectivity index (χ2n) is 6.23. The molecule has 2 unspecified atom stereocenters. The number of aromatic hydroxyl groups is 1. The van der Waals surface area contributed by atoms with Gasteiger partial charge in [-0.1, -0.05) is 25.5 Å². The summed E-state index contributed by atoms with van der Waals surface area (Å²) < 4.78 is 16.5. The molecular weight excluding hydrogens is 316 g/mol. The van der Waals surface area contributed by atoms with Crippen molar-refractivity contribution in [2.75, 3.05) is 14.2 Å². The van der Waals surface area contributed by atoms with E-state index < -0.39 is 0 Å². The highest BCUT2D eigenvalue weighted by atomic mass is 16.5. The molecule has 1 aliphatic carbocycles. The van der Waals surface area contributed by atoms with Gasteiger partial charge in [0.15, 0.2) is 11.5 Å². The quantitative estimate of drug-likeness (QED) is 0.828. The molecule has 1 N–H and O–H groups in total. The fourth-order valence-electron chi connectivity index (χ4n) is 3.37. The average molecular weight is 340 g/mol. The zero-order chi connectivity index (χ0) is 18.0.